The van der Waals surface area contributed by atoms with Gasteiger partial charge in [0.25, 0.3) is 0 Å². The molecule has 2 rings (SSSR count). The molecule has 1 fully saturated rings. The molecule has 0 aromatic carbocycles. The summed E-state index contributed by atoms with van der Waals surface area (Å²) in [5, 5.41) is 2.84. The van der Waals surface area contributed by atoms with Crippen molar-refractivity contribution in [1.82, 2.24) is 0 Å². The first kappa shape index (κ1) is 17.8. The van der Waals surface area contributed by atoms with Crippen LogP contribution in [0.3, 0.4) is 0 Å². The molecule has 4 heteroatoms. The summed E-state index contributed by atoms with van der Waals surface area (Å²) in [5.41, 5.74) is 1.32. The van der Waals surface area contributed by atoms with Gasteiger partial charge in [-0.05, 0) is 58.1 Å². The van der Waals surface area contributed by atoms with Gasteiger partial charge in [-0.15, -0.1) is 11.3 Å². The number of hydrogen-bond acceptors (Lipinski definition) is 3. The molecule has 1 aromatic heterocycles. The highest BCUT2D eigenvalue weighted by Crippen LogP contribution is 2.46. The number of thiophene rings is 1. The summed E-state index contributed by atoms with van der Waals surface area (Å²) in [6.07, 6.45) is 2.10. The quantitative estimate of drug-likeness (QED) is 0.740. The number of anilines is 1. The number of carbonyl (C=O) groups excluding carboxylic acids is 1. The normalized spacial score (nSPS) is 14.0. The second-order valence-electron chi connectivity index (χ2n) is 6.07. The molecule has 0 unspecified atom stereocenters. The monoisotopic (exact) mass is 309 g/mol. The van der Waals surface area contributed by atoms with Crippen LogP contribution in [-0.2, 0) is 4.74 Å². The summed E-state index contributed by atoms with van der Waals surface area (Å²) in [4.78, 5) is 14.2. The van der Waals surface area contributed by atoms with Crippen LogP contribution in [0.5, 0.6) is 0 Å². The number of ether oxygens (including phenoxy) is 1. The Morgan fingerprint density at radius 2 is 1.95 bits per heavy atom. The van der Waals surface area contributed by atoms with Gasteiger partial charge in [0.1, 0.15) is 5.60 Å². The lowest BCUT2D eigenvalue weighted by molar-refractivity contribution is 0.0636. The van der Waals surface area contributed by atoms with E-state index < -0.39 is 11.7 Å². The van der Waals surface area contributed by atoms with Gasteiger partial charge in [-0.1, -0.05) is 20.4 Å². The average molecular weight is 309 g/mol. The smallest absolute Gasteiger partial charge is 0.412 e. The van der Waals surface area contributed by atoms with Gasteiger partial charge in [0.05, 0.1) is 10.6 Å². The molecule has 1 saturated carbocycles. The van der Waals surface area contributed by atoms with Gasteiger partial charge in [-0.25, -0.2) is 4.79 Å². The van der Waals surface area contributed by atoms with Crippen LogP contribution in [0.1, 0.15) is 70.1 Å². The van der Waals surface area contributed by atoms with E-state index in [9.17, 15) is 4.79 Å². The standard InChI is InChI=1S/C15H21NO2S.C2H6/c1-9(2)13-11(8-12(19-13)10-6-7-10)16-14(17)18-15(3,4)5;1-2/h8,10H,1,6-7H2,2-5H3,(H,16,17);1-2H3. The van der Waals surface area contributed by atoms with Crippen LogP contribution in [0.25, 0.3) is 5.57 Å². The summed E-state index contributed by atoms with van der Waals surface area (Å²) in [5.74, 6) is 0.678. The maximum Gasteiger partial charge on any atom is 0.412 e. The van der Waals surface area contributed by atoms with Crippen molar-refractivity contribution in [2.24, 2.45) is 0 Å². The lowest BCUT2D eigenvalue weighted by atomic mass is 10.2. The lowest BCUT2D eigenvalue weighted by Crippen LogP contribution is -2.27. The van der Waals surface area contributed by atoms with E-state index in [2.05, 4.69) is 18.0 Å². The van der Waals surface area contributed by atoms with E-state index in [1.807, 2.05) is 41.5 Å². The van der Waals surface area contributed by atoms with E-state index in [0.717, 1.165) is 16.1 Å². The van der Waals surface area contributed by atoms with Crippen molar-refractivity contribution in [2.45, 2.75) is 65.9 Å². The highest BCUT2D eigenvalue weighted by atomic mass is 32.1. The third-order valence-electron chi connectivity index (χ3n) is 2.75. The van der Waals surface area contributed by atoms with Crippen molar-refractivity contribution in [3.8, 4) is 0 Å². The lowest BCUT2D eigenvalue weighted by Gasteiger charge is -2.19. The SMILES string of the molecule is C=C(C)c1sc(C2CC2)cc1NC(=O)OC(C)(C)C.CC. The van der Waals surface area contributed by atoms with E-state index in [4.69, 9.17) is 4.74 Å². The molecule has 21 heavy (non-hydrogen) atoms. The van der Waals surface area contributed by atoms with Crippen LogP contribution in [0.2, 0.25) is 0 Å². The minimum Gasteiger partial charge on any atom is -0.444 e. The molecule has 1 N–H and O–H groups in total. The highest BCUT2D eigenvalue weighted by Gasteiger charge is 2.27. The molecule has 1 aliphatic carbocycles. The zero-order valence-electron chi connectivity index (χ0n) is 14.0. The van der Waals surface area contributed by atoms with Gasteiger partial charge in [0, 0.05) is 4.88 Å². The van der Waals surface area contributed by atoms with E-state index in [-0.39, 0.29) is 0 Å². The Kier molecular flexibility index (Phi) is 6.02. The van der Waals surface area contributed by atoms with Crippen molar-refractivity contribution in [3.63, 3.8) is 0 Å². The summed E-state index contributed by atoms with van der Waals surface area (Å²) >= 11 is 1.73. The second kappa shape index (κ2) is 7.12. The van der Waals surface area contributed by atoms with Crippen molar-refractivity contribution >= 4 is 28.7 Å². The Bertz CT molecular complexity index is 507. The molecule has 1 amide bonds. The molecule has 3 nitrogen and oxygen atoms in total. The molecule has 0 aliphatic heterocycles. The molecule has 1 aliphatic rings. The van der Waals surface area contributed by atoms with Crippen molar-refractivity contribution in [3.05, 3.63) is 22.4 Å². The number of hydrogen-bond donors (Lipinski definition) is 1. The van der Waals surface area contributed by atoms with Gasteiger partial charge >= 0.3 is 6.09 Å². The summed E-state index contributed by atoms with van der Waals surface area (Å²) in [6.45, 7) is 15.5. The number of nitrogens with one attached hydrogen (secondary N) is 1. The van der Waals surface area contributed by atoms with E-state index in [1.165, 1.54) is 17.7 Å². The molecule has 118 valence electrons. The number of rotatable bonds is 3. The number of carbonyl (C=O) groups is 1. The fourth-order valence-electron chi connectivity index (χ4n) is 1.80. The topological polar surface area (TPSA) is 38.3 Å². The minimum absolute atomic E-state index is 0.407. The Hall–Kier alpha value is -1.29. The molecule has 0 bridgehead atoms. The second-order valence-corrected chi connectivity index (χ2v) is 7.16. The van der Waals surface area contributed by atoms with E-state index in [1.54, 1.807) is 11.3 Å². The summed E-state index contributed by atoms with van der Waals surface area (Å²) in [7, 11) is 0. The first-order valence-electron chi connectivity index (χ1n) is 7.56. The average Bonchev–Trinajstić information content (AvgIpc) is 3.11. The number of allylic oxidation sites excluding steroid dienone is 1. The van der Waals surface area contributed by atoms with Crippen molar-refractivity contribution in [1.29, 1.82) is 0 Å². The Morgan fingerprint density at radius 1 is 1.38 bits per heavy atom. The largest absolute Gasteiger partial charge is 0.444 e. The summed E-state index contributed by atoms with van der Waals surface area (Å²) < 4.78 is 5.29. The van der Waals surface area contributed by atoms with Gasteiger partial charge in [-0.2, -0.15) is 0 Å². The molecule has 0 saturated heterocycles. The van der Waals surface area contributed by atoms with Crippen LogP contribution in [0.4, 0.5) is 10.5 Å². The Morgan fingerprint density at radius 3 is 2.38 bits per heavy atom. The molecule has 0 radical (unpaired) electrons. The maximum absolute atomic E-state index is 11.8. The van der Waals surface area contributed by atoms with Crippen LogP contribution in [0.15, 0.2) is 12.6 Å². The zero-order chi connectivity index (χ0) is 16.2. The van der Waals surface area contributed by atoms with E-state index >= 15 is 0 Å². The third kappa shape index (κ3) is 5.54. The van der Waals surface area contributed by atoms with Crippen LogP contribution < -0.4 is 5.32 Å². The van der Waals surface area contributed by atoms with Gasteiger partial charge in [0.2, 0.25) is 0 Å². The maximum atomic E-state index is 11.8. The first-order chi connectivity index (χ1) is 9.76. The molecular weight excluding hydrogens is 282 g/mol. The molecular formula is C17H27NO2S. The predicted octanol–water partition coefficient (Wildman–Crippen LogP) is 6.03. The summed E-state index contributed by atoms with van der Waals surface area (Å²) in [6, 6.07) is 2.07. The van der Waals surface area contributed by atoms with E-state index in [0.29, 0.717) is 5.92 Å². The highest BCUT2D eigenvalue weighted by molar-refractivity contribution is 7.13. The van der Waals surface area contributed by atoms with Gasteiger partial charge in [0.15, 0.2) is 0 Å². The third-order valence-corrected chi connectivity index (χ3v) is 4.21. The first-order valence-corrected chi connectivity index (χ1v) is 8.37. The molecule has 1 aromatic rings. The predicted molar refractivity (Wildman–Crippen MR) is 92.2 cm³/mol. The molecule has 1 heterocycles. The molecule has 0 atom stereocenters. The Balaban J connectivity index is 0.00000106. The van der Waals surface area contributed by atoms with Crippen LogP contribution in [0, 0.1) is 0 Å². The van der Waals surface area contributed by atoms with Crippen molar-refractivity contribution in [2.75, 3.05) is 5.32 Å². The Labute approximate surface area is 132 Å². The molecule has 0 spiro atoms. The minimum atomic E-state index is -0.483. The van der Waals surface area contributed by atoms with Gasteiger partial charge in [-0.3, -0.25) is 5.32 Å². The van der Waals surface area contributed by atoms with Crippen LogP contribution in [-0.4, -0.2) is 11.7 Å². The number of amides is 1. The fraction of sp³-hybridized carbons (Fsp3) is 0.588. The van der Waals surface area contributed by atoms with Crippen molar-refractivity contribution < 1.29 is 9.53 Å². The fourth-order valence-corrected chi connectivity index (χ4v) is 3.01. The van der Waals surface area contributed by atoms with Crippen LogP contribution >= 0.6 is 11.3 Å². The van der Waals surface area contributed by atoms with Gasteiger partial charge < -0.3 is 4.74 Å². The zero-order valence-corrected chi connectivity index (χ0v) is 14.8.